The average Bonchev–Trinajstić information content (AvgIpc) is 3.19. The molecule has 2 aromatic rings. The van der Waals surface area contributed by atoms with Gasteiger partial charge in [0.15, 0.2) is 0 Å². The molecule has 3 N–H and O–H groups in total. The van der Waals surface area contributed by atoms with E-state index in [0.717, 1.165) is 0 Å². The van der Waals surface area contributed by atoms with Crippen LogP contribution in [-0.4, -0.2) is 53.5 Å². The second-order valence-electron chi connectivity index (χ2n) is 8.61. The Morgan fingerprint density at radius 3 is 2.56 bits per heavy atom. The van der Waals surface area contributed by atoms with Crippen LogP contribution in [0.25, 0.3) is 0 Å². The van der Waals surface area contributed by atoms with Crippen LogP contribution in [0.5, 0.6) is 5.75 Å². The average molecular weight is 466 g/mol. The fourth-order valence-electron chi connectivity index (χ4n) is 4.33. The molecule has 0 unspecified atom stereocenters. The van der Waals surface area contributed by atoms with Gasteiger partial charge in [-0.3, -0.25) is 19.3 Å². The molecule has 2 aliphatic rings. The van der Waals surface area contributed by atoms with E-state index in [1.54, 1.807) is 48.5 Å². The van der Waals surface area contributed by atoms with Gasteiger partial charge >= 0.3 is 5.97 Å². The molecule has 34 heavy (non-hydrogen) atoms. The molecule has 3 amide bonds. The topological polar surface area (TPSA) is 125 Å². The van der Waals surface area contributed by atoms with Gasteiger partial charge in [0, 0.05) is 12.0 Å². The van der Waals surface area contributed by atoms with E-state index >= 15 is 0 Å². The molecule has 0 saturated carbocycles. The lowest BCUT2D eigenvalue weighted by molar-refractivity contribution is -0.140. The van der Waals surface area contributed by atoms with Gasteiger partial charge in [-0.25, -0.2) is 4.79 Å². The summed E-state index contributed by atoms with van der Waals surface area (Å²) in [6.07, 6.45) is 0.779. The summed E-state index contributed by atoms with van der Waals surface area (Å²) in [6.45, 7) is 3.59. The number of para-hydroxylation sites is 1. The molecule has 2 aromatic carbocycles. The Hall–Kier alpha value is -3.88. The number of carboxylic acids is 1. The van der Waals surface area contributed by atoms with Gasteiger partial charge in [0.25, 0.3) is 11.8 Å². The first-order valence-electron chi connectivity index (χ1n) is 11.3. The Labute approximate surface area is 197 Å². The van der Waals surface area contributed by atoms with Crippen molar-refractivity contribution in [1.82, 2.24) is 10.6 Å². The zero-order chi connectivity index (χ0) is 24.4. The lowest BCUT2D eigenvalue weighted by Gasteiger charge is -2.28. The summed E-state index contributed by atoms with van der Waals surface area (Å²) in [5.41, 5.74) is 1.56. The van der Waals surface area contributed by atoms with Gasteiger partial charge < -0.3 is 20.5 Å². The number of anilines is 1. The molecule has 0 radical (unpaired) electrons. The molecule has 4 rings (SSSR count). The lowest BCUT2D eigenvalue weighted by Crippen LogP contribution is -2.58. The summed E-state index contributed by atoms with van der Waals surface area (Å²) in [7, 11) is 0. The lowest BCUT2D eigenvalue weighted by atomic mass is 9.97. The molecular formula is C25H27N3O6. The van der Waals surface area contributed by atoms with E-state index < -0.39 is 41.8 Å². The number of benzene rings is 2. The molecule has 9 nitrogen and oxygen atoms in total. The largest absolute Gasteiger partial charge is 0.489 e. The highest BCUT2D eigenvalue weighted by atomic mass is 16.5. The summed E-state index contributed by atoms with van der Waals surface area (Å²) in [5, 5.41) is 15.2. The van der Waals surface area contributed by atoms with E-state index in [-0.39, 0.29) is 18.9 Å². The van der Waals surface area contributed by atoms with Gasteiger partial charge in [-0.2, -0.15) is 0 Å². The van der Waals surface area contributed by atoms with E-state index in [1.807, 2.05) is 13.8 Å². The third-order valence-electron chi connectivity index (χ3n) is 6.41. The van der Waals surface area contributed by atoms with Gasteiger partial charge in [0.05, 0.1) is 5.69 Å². The third kappa shape index (κ3) is 4.33. The van der Waals surface area contributed by atoms with Crippen molar-refractivity contribution in [2.75, 3.05) is 11.5 Å². The van der Waals surface area contributed by atoms with Crippen LogP contribution in [0.2, 0.25) is 0 Å². The molecule has 0 fully saturated rings. The van der Waals surface area contributed by atoms with Crippen LogP contribution in [0.3, 0.4) is 0 Å². The maximum Gasteiger partial charge on any atom is 0.327 e. The number of ether oxygens (including phenoxy) is 1. The molecule has 0 saturated heterocycles. The summed E-state index contributed by atoms with van der Waals surface area (Å²) >= 11 is 0. The number of hydrogen-bond acceptors (Lipinski definition) is 5. The van der Waals surface area contributed by atoms with Crippen LogP contribution in [0.4, 0.5) is 5.69 Å². The zero-order valence-electron chi connectivity index (χ0n) is 19.0. The van der Waals surface area contributed by atoms with Crippen molar-refractivity contribution in [3.63, 3.8) is 0 Å². The first kappa shape index (κ1) is 23.3. The van der Waals surface area contributed by atoms with Crippen molar-refractivity contribution in [2.24, 2.45) is 5.92 Å². The van der Waals surface area contributed by atoms with Crippen molar-refractivity contribution < 1.29 is 29.0 Å². The Morgan fingerprint density at radius 2 is 1.88 bits per heavy atom. The van der Waals surface area contributed by atoms with Crippen molar-refractivity contribution >= 4 is 29.4 Å². The number of aliphatic carboxylic acids is 1. The van der Waals surface area contributed by atoms with Crippen LogP contribution in [-0.2, 0) is 20.8 Å². The number of carbonyl (C=O) groups is 4. The number of hydrogen-bond donors (Lipinski definition) is 3. The maximum atomic E-state index is 13.4. The minimum atomic E-state index is -1.13. The molecule has 2 aliphatic heterocycles. The number of amides is 3. The monoisotopic (exact) mass is 465 g/mol. The number of nitrogens with zero attached hydrogens (tertiary/aromatic N) is 1. The predicted molar refractivity (Wildman–Crippen MR) is 124 cm³/mol. The first-order chi connectivity index (χ1) is 16.3. The van der Waals surface area contributed by atoms with Gasteiger partial charge in [0.1, 0.15) is 30.5 Å². The van der Waals surface area contributed by atoms with E-state index in [1.165, 1.54) is 4.90 Å². The van der Waals surface area contributed by atoms with Crippen LogP contribution in [0.1, 0.15) is 36.2 Å². The van der Waals surface area contributed by atoms with E-state index in [4.69, 9.17) is 4.74 Å². The van der Waals surface area contributed by atoms with Gasteiger partial charge in [0.2, 0.25) is 5.91 Å². The molecule has 4 atom stereocenters. The van der Waals surface area contributed by atoms with Crippen LogP contribution in [0.15, 0.2) is 48.5 Å². The Balaban J connectivity index is 1.56. The van der Waals surface area contributed by atoms with E-state index in [9.17, 15) is 24.3 Å². The quantitative estimate of drug-likeness (QED) is 0.572. The molecule has 0 bridgehead atoms. The predicted octanol–water partition coefficient (Wildman–Crippen LogP) is 1.75. The molecule has 2 heterocycles. The highest BCUT2D eigenvalue weighted by Crippen LogP contribution is 2.42. The van der Waals surface area contributed by atoms with E-state index in [0.29, 0.717) is 29.0 Å². The van der Waals surface area contributed by atoms with Gasteiger partial charge in [-0.15, -0.1) is 0 Å². The molecule has 178 valence electrons. The number of carbonyl (C=O) groups excluding carboxylic acids is 3. The third-order valence-corrected chi connectivity index (χ3v) is 6.41. The van der Waals surface area contributed by atoms with Crippen molar-refractivity contribution in [1.29, 1.82) is 0 Å². The number of nitrogens with one attached hydrogen (secondary N) is 2. The number of rotatable bonds is 7. The Kier molecular flexibility index (Phi) is 6.54. The first-order valence-corrected chi connectivity index (χ1v) is 11.3. The highest BCUT2D eigenvalue weighted by molar-refractivity contribution is 6.07. The molecule has 0 aliphatic carbocycles. The van der Waals surface area contributed by atoms with Crippen LogP contribution >= 0.6 is 0 Å². The molecule has 9 heteroatoms. The van der Waals surface area contributed by atoms with E-state index in [2.05, 4.69) is 10.6 Å². The fourth-order valence-corrected chi connectivity index (χ4v) is 4.33. The second kappa shape index (κ2) is 9.54. The maximum absolute atomic E-state index is 13.4. The van der Waals surface area contributed by atoms with Crippen LogP contribution in [0, 0.1) is 5.92 Å². The summed E-state index contributed by atoms with van der Waals surface area (Å²) in [4.78, 5) is 52.5. The summed E-state index contributed by atoms with van der Waals surface area (Å²) in [5.74, 6) is -2.42. The highest BCUT2D eigenvalue weighted by Gasteiger charge is 2.45. The SMILES string of the molecule is CC[C@H](C)[C@H](NC(=O)c1ccccc1)C(=O)N[C@H]1COc2cccc3c2N(C1=O)[C@H](C(=O)O)C3. The minimum absolute atomic E-state index is 0.149. The van der Waals surface area contributed by atoms with Crippen molar-refractivity contribution in [3.05, 3.63) is 59.7 Å². The zero-order valence-corrected chi connectivity index (χ0v) is 19.0. The fraction of sp³-hybridized carbons (Fsp3) is 0.360. The van der Waals surface area contributed by atoms with Crippen LogP contribution < -0.4 is 20.3 Å². The smallest absolute Gasteiger partial charge is 0.327 e. The molecule has 0 spiro atoms. The standard InChI is InChI=1S/C25H27N3O6/c1-3-14(2)20(27-22(29)15-8-5-4-6-9-15)23(30)26-17-13-34-19-11-7-10-16-12-18(25(32)33)28(21(16)19)24(17)31/h4-11,14,17-18,20H,3,12-13H2,1-2H3,(H,26,30)(H,27,29)(H,32,33)/t14-,17-,18-,20-/m0/s1. The number of carboxylic acid groups (broad SMARTS) is 1. The normalized spacial score (nSPS) is 20.4. The van der Waals surface area contributed by atoms with Gasteiger partial charge in [-0.1, -0.05) is 50.6 Å². The second-order valence-corrected chi connectivity index (χ2v) is 8.61. The minimum Gasteiger partial charge on any atom is -0.489 e. The van der Waals surface area contributed by atoms with Gasteiger partial charge in [-0.05, 0) is 29.7 Å². The summed E-state index contributed by atoms with van der Waals surface area (Å²) in [6, 6.07) is 10.7. The summed E-state index contributed by atoms with van der Waals surface area (Å²) < 4.78 is 5.81. The Morgan fingerprint density at radius 1 is 1.15 bits per heavy atom. The molecule has 0 aromatic heterocycles. The Bertz CT molecular complexity index is 1120. The molecular weight excluding hydrogens is 438 g/mol. The van der Waals surface area contributed by atoms with Crippen molar-refractivity contribution in [2.45, 2.75) is 44.8 Å². The van der Waals surface area contributed by atoms with Crippen molar-refractivity contribution in [3.8, 4) is 5.75 Å².